The number of nitrogens with one attached hydrogen (secondary N) is 1. The summed E-state index contributed by atoms with van der Waals surface area (Å²) < 4.78 is 66.4. The van der Waals surface area contributed by atoms with Gasteiger partial charge in [-0.1, -0.05) is 39.7 Å². The summed E-state index contributed by atoms with van der Waals surface area (Å²) in [5, 5.41) is 2.00. The van der Waals surface area contributed by atoms with E-state index in [1.54, 1.807) is 31.2 Å². The number of alkyl halides is 3. The van der Waals surface area contributed by atoms with Crippen LogP contribution in [0.4, 0.5) is 18.9 Å². The predicted molar refractivity (Wildman–Crippen MR) is 131 cm³/mol. The Morgan fingerprint density at radius 1 is 1.14 bits per heavy atom. The van der Waals surface area contributed by atoms with E-state index in [4.69, 9.17) is 11.6 Å². The van der Waals surface area contributed by atoms with Crippen LogP contribution in [0, 0.1) is 0 Å². The van der Waals surface area contributed by atoms with E-state index in [1.165, 1.54) is 11.8 Å². The lowest BCUT2D eigenvalue weighted by Crippen LogP contribution is -2.51. The molecule has 2 aromatic rings. The third-order valence-corrected chi connectivity index (χ3v) is 7.01. The monoisotopic (exact) mass is 597 g/mol. The van der Waals surface area contributed by atoms with Gasteiger partial charge in [0, 0.05) is 17.6 Å². The van der Waals surface area contributed by atoms with E-state index in [1.807, 2.05) is 0 Å². The van der Waals surface area contributed by atoms with Crippen molar-refractivity contribution in [1.29, 1.82) is 0 Å². The fraction of sp³-hybridized carbons (Fsp3) is 0.364. The molecule has 2 amide bonds. The molecule has 1 atom stereocenters. The molecule has 0 saturated carbocycles. The van der Waals surface area contributed by atoms with Crippen LogP contribution in [-0.4, -0.2) is 50.5 Å². The SMILES string of the molecule is CCNC(=O)[C@H](C)N(Cc1ccc(Br)cc1)C(=O)CN(c1ccc(Cl)c(C(F)(F)F)c1)S(C)(=O)=O. The Morgan fingerprint density at radius 2 is 1.74 bits per heavy atom. The molecule has 1 N–H and O–H groups in total. The van der Waals surface area contributed by atoms with E-state index in [9.17, 15) is 31.2 Å². The number of hydrogen-bond donors (Lipinski definition) is 1. The topological polar surface area (TPSA) is 86.8 Å². The Labute approximate surface area is 215 Å². The van der Waals surface area contributed by atoms with E-state index >= 15 is 0 Å². The van der Waals surface area contributed by atoms with Gasteiger partial charge in [0.05, 0.1) is 22.5 Å². The van der Waals surface area contributed by atoms with Crippen LogP contribution in [0.15, 0.2) is 46.9 Å². The molecule has 0 heterocycles. The standard InChI is InChI=1S/C22H24BrClF3N3O4S/c1-4-28-21(32)14(2)29(12-15-5-7-16(23)8-6-15)20(31)13-30(35(3,33)34)17-9-10-19(24)18(11-17)22(25,26)27/h5-11,14H,4,12-13H2,1-3H3,(H,28,32)/t14-/m0/s1. The molecule has 0 radical (unpaired) electrons. The fourth-order valence-electron chi connectivity index (χ4n) is 3.19. The summed E-state index contributed by atoms with van der Waals surface area (Å²) in [6, 6.07) is 8.51. The summed E-state index contributed by atoms with van der Waals surface area (Å²) in [4.78, 5) is 27.0. The first-order valence-corrected chi connectivity index (χ1v) is 13.3. The Hall–Kier alpha value is -2.31. The number of nitrogens with zero attached hydrogens (tertiary/aromatic N) is 2. The van der Waals surface area contributed by atoms with Gasteiger partial charge in [0.25, 0.3) is 0 Å². The molecule has 0 aliphatic carbocycles. The molecule has 192 valence electrons. The zero-order valence-corrected chi connectivity index (χ0v) is 22.2. The summed E-state index contributed by atoms with van der Waals surface area (Å²) in [6.07, 6.45) is -4.06. The van der Waals surface area contributed by atoms with Crippen molar-refractivity contribution in [3.63, 3.8) is 0 Å². The predicted octanol–water partition coefficient (Wildman–Crippen LogP) is 4.44. The van der Waals surface area contributed by atoms with Crippen LogP contribution in [0.3, 0.4) is 0 Å². The van der Waals surface area contributed by atoms with Crippen molar-refractivity contribution in [2.75, 3.05) is 23.7 Å². The smallest absolute Gasteiger partial charge is 0.355 e. The van der Waals surface area contributed by atoms with Crippen molar-refractivity contribution >= 4 is 55.1 Å². The number of amides is 2. The maximum atomic E-state index is 13.3. The van der Waals surface area contributed by atoms with Crippen molar-refractivity contribution in [2.45, 2.75) is 32.6 Å². The third kappa shape index (κ3) is 7.84. The van der Waals surface area contributed by atoms with Gasteiger partial charge in [-0.05, 0) is 49.7 Å². The van der Waals surface area contributed by atoms with Gasteiger partial charge in [-0.25, -0.2) is 8.42 Å². The molecular formula is C22H24BrClF3N3O4S. The Balaban J connectivity index is 2.46. The summed E-state index contributed by atoms with van der Waals surface area (Å²) in [6.45, 7) is 2.64. The van der Waals surface area contributed by atoms with Gasteiger partial charge in [-0.2, -0.15) is 13.2 Å². The van der Waals surface area contributed by atoms with Crippen LogP contribution < -0.4 is 9.62 Å². The number of rotatable bonds is 9. The zero-order valence-electron chi connectivity index (χ0n) is 19.1. The molecule has 0 spiro atoms. The van der Waals surface area contributed by atoms with Gasteiger partial charge in [-0.15, -0.1) is 0 Å². The number of carbonyl (C=O) groups is 2. The van der Waals surface area contributed by atoms with E-state index < -0.39 is 51.2 Å². The Morgan fingerprint density at radius 3 is 2.26 bits per heavy atom. The number of carbonyl (C=O) groups excluding carboxylic acids is 2. The third-order valence-electron chi connectivity index (χ3n) is 5.01. The molecule has 7 nitrogen and oxygen atoms in total. The molecule has 35 heavy (non-hydrogen) atoms. The molecule has 0 saturated heterocycles. The lowest BCUT2D eigenvalue weighted by atomic mass is 10.1. The van der Waals surface area contributed by atoms with Crippen LogP contribution in [-0.2, 0) is 32.3 Å². The average molecular weight is 599 g/mol. The van der Waals surface area contributed by atoms with Crippen molar-refractivity contribution in [2.24, 2.45) is 0 Å². The minimum atomic E-state index is -4.83. The number of likely N-dealkylation sites (N-methyl/N-ethyl adjacent to an activating group) is 1. The number of halogens is 5. The van der Waals surface area contributed by atoms with Crippen molar-refractivity contribution in [3.8, 4) is 0 Å². The summed E-state index contributed by atoms with van der Waals surface area (Å²) >= 11 is 8.96. The molecule has 13 heteroatoms. The lowest BCUT2D eigenvalue weighted by Gasteiger charge is -2.31. The Bertz CT molecular complexity index is 1180. The minimum absolute atomic E-state index is 0.0313. The zero-order chi connectivity index (χ0) is 26.6. The van der Waals surface area contributed by atoms with E-state index in [0.717, 1.165) is 22.9 Å². The average Bonchev–Trinajstić information content (AvgIpc) is 2.75. The van der Waals surface area contributed by atoms with Gasteiger partial charge >= 0.3 is 6.18 Å². The van der Waals surface area contributed by atoms with Crippen LogP contribution in [0.25, 0.3) is 0 Å². The summed E-state index contributed by atoms with van der Waals surface area (Å²) in [5.41, 5.74) is -0.957. The summed E-state index contributed by atoms with van der Waals surface area (Å²) in [7, 11) is -4.19. The molecule has 0 aliphatic heterocycles. The van der Waals surface area contributed by atoms with Gasteiger partial charge in [0.2, 0.25) is 21.8 Å². The van der Waals surface area contributed by atoms with Crippen molar-refractivity contribution in [1.82, 2.24) is 10.2 Å². The van der Waals surface area contributed by atoms with Crippen LogP contribution in [0.1, 0.15) is 25.0 Å². The van der Waals surface area contributed by atoms with Gasteiger partial charge < -0.3 is 10.2 Å². The minimum Gasteiger partial charge on any atom is -0.355 e. The lowest BCUT2D eigenvalue weighted by molar-refractivity contribution is -0.139. The highest BCUT2D eigenvalue weighted by Gasteiger charge is 2.35. The first-order valence-electron chi connectivity index (χ1n) is 10.3. The van der Waals surface area contributed by atoms with Crippen LogP contribution in [0.2, 0.25) is 5.02 Å². The first kappa shape index (κ1) is 28.9. The second kappa shape index (κ2) is 11.6. The molecule has 0 fully saturated rings. The molecule has 0 unspecified atom stereocenters. The van der Waals surface area contributed by atoms with E-state index in [-0.39, 0.29) is 12.2 Å². The molecule has 0 bridgehead atoms. The normalized spacial score (nSPS) is 12.7. The maximum Gasteiger partial charge on any atom is 0.417 e. The van der Waals surface area contributed by atoms with Gasteiger partial charge in [0.1, 0.15) is 12.6 Å². The van der Waals surface area contributed by atoms with E-state index in [2.05, 4.69) is 21.2 Å². The Kier molecular flexibility index (Phi) is 9.60. The number of benzene rings is 2. The molecule has 0 aromatic heterocycles. The van der Waals surface area contributed by atoms with Gasteiger partial charge in [-0.3, -0.25) is 13.9 Å². The summed E-state index contributed by atoms with van der Waals surface area (Å²) in [5.74, 6) is -1.24. The highest BCUT2D eigenvalue weighted by atomic mass is 79.9. The van der Waals surface area contributed by atoms with E-state index in [0.29, 0.717) is 22.5 Å². The molecule has 0 aliphatic rings. The molecule has 2 aromatic carbocycles. The molecular weight excluding hydrogens is 575 g/mol. The fourth-order valence-corrected chi connectivity index (χ4v) is 4.52. The van der Waals surface area contributed by atoms with Gasteiger partial charge in [0.15, 0.2) is 0 Å². The number of hydrogen-bond acceptors (Lipinski definition) is 4. The largest absolute Gasteiger partial charge is 0.417 e. The van der Waals surface area contributed by atoms with Crippen LogP contribution >= 0.6 is 27.5 Å². The quantitative estimate of drug-likeness (QED) is 0.463. The second-order valence-corrected chi connectivity index (χ2v) is 10.9. The number of anilines is 1. The maximum absolute atomic E-state index is 13.3. The highest BCUT2D eigenvalue weighted by Crippen LogP contribution is 2.37. The number of sulfonamides is 1. The first-order chi connectivity index (χ1) is 16.1. The van der Waals surface area contributed by atoms with Crippen molar-refractivity contribution < 1.29 is 31.2 Å². The second-order valence-electron chi connectivity index (χ2n) is 7.65. The molecule has 2 rings (SSSR count). The van der Waals surface area contributed by atoms with Crippen LogP contribution in [0.5, 0.6) is 0 Å². The highest BCUT2D eigenvalue weighted by molar-refractivity contribution is 9.10. The van der Waals surface area contributed by atoms with Crippen molar-refractivity contribution in [3.05, 3.63) is 63.1 Å².